The van der Waals surface area contributed by atoms with Gasteiger partial charge in [-0.25, -0.2) is 4.39 Å². The van der Waals surface area contributed by atoms with Crippen molar-refractivity contribution in [3.8, 4) is 22.6 Å². The van der Waals surface area contributed by atoms with Crippen molar-refractivity contribution in [2.75, 3.05) is 0 Å². The molecule has 0 atom stereocenters. The quantitative estimate of drug-likeness (QED) is 0.422. The minimum absolute atomic E-state index is 0.293. The predicted octanol–water partition coefficient (Wildman–Crippen LogP) is 3.78. The van der Waals surface area contributed by atoms with E-state index >= 15 is 0 Å². The normalized spacial score (nSPS) is 12.7. The Labute approximate surface area is 176 Å². The first-order chi connectivity index (χ1) is 15.1. The van der Waals surface area contributed by atoms with E-state index in [1.807, 2.05) is 43.5 Å². The number of benzene rings is 1. The number of nitrogens with one attached hydrogen (secondary N) is 3. The average Bonchev–Trinajstić information content (AvgIpc) is 3.51. The Morgan fingerprint density at radius 1 is 1.16 bits per heavy atom. The van der Waals surface area contributed by atoms with Crippen LogP contribution in [0.3, 0.4) is 0 Å². The molecule has 0 aliphatic rings. The molecule has 0 saturated carbocycles. The van der Waals surface area contributed by atoms with Gasteiger partial charge in [-0.2, -0.15) is 10.2 Å². The number of fused-ring (bicyclic) bond motifs is 1. The molecule has 31 heavy (non-hydrogen) atoms. The van der Waals surface area contributed by atoms with Gasteiger partial charge in [0.2, 0.25) is 0 Å². The third-order valence-electron chi connectivity index (χ3n) is 5.25. The van der Waals surface area contributed by atoms with E-state index in [-0.39, 0.29) is 5.82 Å². The summed E-state index contributed by atoms with van der Waals surface area (Å²) in [7, 11) is 0. The summed E-state index contributed by atoms with van der Waals surface area (Å²) in [6.07, 6.45) is 9.27. The van der Waals surface area contributed by atoms with Crippen LogP contribution in [0.5, 0.6) is 0 Å². The summed E-state index contributed by atoms with van der Waals surface area (Å²) in [4.78, 5) is 7.85. The molecule has 5 aromatic rings. The first-order valence-corrected chi connectivity index (χ1v) is 9.75. The maximum atomic E-state index is 13.7. The monoisotopic (exact) mass is 410 g/mol. The molecule has 4 aromatic heterocycles. The number of allylic oxidation sites excluding steroid dienone is 2. The van der Waals surface area contributed by atoms with Crippen LogP contribution in [0.25, 0.3) is 51.8 Å². The summed E-state index contributed by atoms with van der Waals surface area (Å²) < 4.78 is 13.7. The fourth-order valence-corrected chi connectivity index (χ4v) is 3.56. The van der Waals surface area contributed by atoms with Crippen LogP contribution >= 0.6 is 0 Å². The topological polar surface area (TPSA) is 86.0 Å². The van der Waals surface area contributed by atoms with Crippen molar-refractivity contribution in [1.82, 2.24) is 30.4 Å². The standard InChI is InChI=1S/C24H19FN6/c1-14(17-12-27-28-13-17)6-7-20-15(2)23(31-30-20)22-11-19-21(29-22)8-9-26-24(19)16-4-3-5-18(25)10-16/h3-13,29-30H,2H2,1H3,(H,27,28)/b14-6+,20-7+. The third kappa shape index (κ3) is 3.46. The van der Waals surface area contributed by atoms with Crippen molar-refractivity contribution in [3.63, 3.8) is 0 Å². The summed E-state index contributed by atoms with van der Waals surface area (Å²) in [5.41, 5.74) is 5.97. The predicted molar refractivity (Wildman–Crippen MR) is 121 cm³/mol. The largest absolute Gasteiger partial charge is 0.353 e. The number of hydrogen-bond acceptors (Lipinski definition) is 3. The van der Waals surface area contributed by atoms with Gasteiger partial charge in [-0.15, -0.1) is 0 Å². The molecule has 0 unspecified atom stereocenters. The van der Waals surface area contributed by atoms with Gasteiger partial charge in [0.05, 0.1) is 22.9 Å². The maximum absolute atomic E-state index is 13.7. The molecule has 1 aromatic carbocycles. The van der Waals surface area contributed by atoms with Crippen LogP contribution in [-0.2, 0) is 0 Å². The molecule has 0 saturated heterocycles. The fourth-order valence-electron chi connectivity index (χ4n) is 3.56. The molecule has 0 spiro atoms. The first-order valence-electron chi connectivity index (χ1n) is 9.75. The number of pyridine rings is 1. The van der Waals surface area contributed by atoms with Crippen LogP contribution < -0.4 is 10.6 Å². The summed E-state index contributed by atoms with van der Waals surface area (Å²) in [5, 5.41) is 16.8. The van der Waals surface area contributed by atoms with Gasteiger partial charge in [-0.05, 0) is 42.8 Å². The molecule has 5 rings (SSSR count). The molecule has 0 radical (unpaired) electrons. The van der Waals surface area contributed by atoms with E-state index in [0.717, 1.165) is 49.6 Å². The summed E-state index contributed by atoms with van der Waals surface area (Å²) in [6.45, 7) is 6.22. The highest BCUT2D eigenvalue weighted by molar-refractivity contribution is 5.95. The highest BCUT2D eigenvalue weighted by Gasteiger charge is 2.12. The summed E-state index contributed by atoms with van der Waals surface area (Å²) in [6, 6.07) is 10.3. The van der Waals surface area contributed by atoms with Crippen LogP contribution in [0.15, 0.2) is 61.1 Å². The summed E-state index contributed by atoms with van der Waals surface area (Å²) in [5.74, 6) is -0.293. The summed E-state index contributed by atoms with van der Waals surface area (Å²) >= 11 is 0. The van der Waals surface area contributed by atoms with Crippen molar-refractivity contribution in [2.24, 2.45) is 0 Å². The minimum Gasteiger partial charge on any atom is -0.353 e. The number of aromatic nitrogens is 6. The SMILES string of the molecule is C=c1c(-c2cc3c(-c4cccc(F)c4)nccc3[nH]2)n[nH]/c1=C/C=C(\C)c1cn[nH]c1. The van der Waals surface area contributed by atoms with E-state index in [4.69, 9.17) is 0 Å². The molecule has 4 heterocycles. The van der Waals surface area contributed by atoms with E-state index in [1.165, 1.54) is 12.1 Å². The van der Waals surface area contributed by atoms with Gasteiger partial charge in [-0.1, -0.05) is 24.8 Å². The number of halogens is 1. The van der Waals surface area contributed by atoms with E-state index in [9.17, 15) is 4.39 Å². The van der Waals surface area contributed by atoms with Crippen LogP contribution in [0, 0.1) is 5.82 Å². The highest BCUT2D eigenvalue weighted by atomic mass is 19.1. The maximum Gasteiger partial charge on any atom is 0.123 e. The number of nitrogens with zero attached hydrogens (tertiary/aromatic N) is 3. The molecule has 0 fully saturated rings. The van der Waals surface area contributed by atoms with Crippen molar-refractivity contribution < 1.29 is 4.39 Å². The lowest BCUT2D eigenvalue weighted by Gasteiger charge is -2.02. The molecular weight excluding hydrogens is 391 g/mol. The second-order valence-corrected chi connectivity index (χ2v) is 7.28. The van der Waals surface area contributed by atoms with Crippen molar-refractivity contribution in [2.45, 2.75) is 6.92 Å². The molecule has 3 N–H and O–H groups in total. The van der Waals surface area contributed by atoms with Gasteiger partial charge in [-0.3, -0.25) is 15.2 Å². The Balaban J connectivity index is 1.57. The van der Waals surface area contributed by atoms with E-state index in [2.05, 4.69) is 36.9 Å². The second kappa shape index (κ2) is 7.53. The van der Waals surface area contributed by atoms with Crippen LogP contribution in [0.1, 0.15) is 12.5 Å². The van der Waals surface area contributed by atoms with Gasteiger partial charge in [0.25, 0.3) is 0 Å². The number of H-pyrrole nitrogens is 3. The van der Waals surface area contributed by atoms with Crippen LogP contribution in [0.4, 0.5) is 4.39 Å². The van der Waals surface area contributed by atoms with Crippen LogP contribution in [-0.4, -0.2) is 30.4 Å². The Kier molecular flexibility index (Phi) is 4.55. The van der Waals surface area contributed by atoms with Gasteiger partial charge in [0.1, 0.15) is 11.5 Å². The van der Waals surface area contributed by atoms with E-state index in [1.54, 1.807) is 18.5 Å². The molecule has 7 heteroatoms. The third-order valence-corrected chi connectivity index (χ3v) is 5.25. The number of hydrogen-bond donors (Lipinski definition) is 3. The molecule has 6 nitrogen and oxygen atoms in total. The van der Waals surface area contributed by atoms with Gasteiger partial charge < -0.3 is 4.98 Å². The van der Waals surface area contributed by atoms with Crippen LogP contribution in [0.2, 0.25) is 0 Å². The van der Waals surface area contributed by atoms with E-state index in [0.29, 0.717) is 5.69 Å². The molecule has 0 bridgehead atoms. The Hall–Kier alpha value is -4.26. The number of rotatable bonds is 4. The zero-order valence-corrected chi connectivity index (χ0v) is 16.8. The average molecular weight is 410 g/mol. The molecule has 0 aliphatic carbocycles. The second-order valence-electron chi connectivity index (χ2n) is 7.28. The first kappa shape index (κ1) is 18.7. The number of aromatic amines is 3. The lowest BCUT2D eigenvalue weighted by Crippen LogP contribution is -2.21. The lowest BCUT2D eigenvalue weighted by atomic mass is 10.1. The van der Waals surface area contributed by atoms with Crippen molar-refractivity contribution in [3.05, 3.63) is 83.0 Å². The smallest absolute Gasteiger partial charge is 0.123 e. The van der Waals surface area contributed by atoms with E-state index < -0.39 is 0 Å². The zero-order chi connectivity index (χ0) is 21.4. The van der Waals surface area contributed by atoms with Gasteiger partial charge in [0.15, 0.2) is 0 Å². The minimum atomic E-state index is -0.293. The Bertz CT molecular complexity index is 1520. The molecule has 152 valence electrons. The molecule has 0 aliphatic heterocycles. The fraction of sp³-hybridized carbons (Fsp3) is 0.0417. The molecular formula is C24H19FN6. The Morgan fingerprint density at radius 2 is 2.06 bits per heavy atom. The van der Waals surface area contributed by atoms with Gasteiger partial charge >= 0.3 is 0 Å². The highest BCUT2D eigenvalue weighted by Crippen LogP contribution is 2.29. The molecule has 0 amide bonds. The Morgan fingerprint density at radius 3 is 2.87 bits per heavy atom. The lowest BCUT2D eigenvalue weighted by molar-refractivity contribution is 0.628. The van der Waals surface area contributed by atoms with Crippen molar-refractivity contribution >= 4 is 29.1 Å². The van der Waals surface area contributed by atoms with Crippen molar-refractivity contribution in [1.29, 1.82) is 0 Å². The van der Waals surface area contributed by atoms with Gasteiger partial charge in [0, 0.05) is 39.6 Å². The zero-order valence-electron chi connectivity index (χ0n) is 16.8.